The zero-order chi connectivity index (χ0) is 12.3. The summed E-state index contributed by atoms with van der Waals surface area (Å²) in [6.45, 7) is 3.22. The molecule has 1 amide bonds. The van der Waals surface area contributed by atoms with Gasteiger partial charge in [-0.2, -0.15) is 0 Å². The molecule has 2 atom stereocenters. The van der Waals surface area contributed by atoms with Crippen molar-refractivity contribution in [3.05, 3.63) is 35.9 Å². The summed E-state index contributed by atoms with van der Waals surface area (Å²) in [5, 5.41) is 0. The largest absolute Gasteiger partial charge is 0.447 e. The van der Waals surface area contributed by atoms with Gasteiger partial charge in [0.2, 0.25) is 0 Å². The molecule has 1 heterocycles. The molecule has 1 saturated heterocycles. The van der Waals surface area contributed by atoms with Gasteiger partial charge >= 0.3 is 6.09 Å². The Morgan fingerprint density at radius 3 is 2.82 bits per heavy atom. The van der Waals surface area contributed by atoms with Crippen molar-refractivity contribution in [1.82, 2.24) is 4.90 Å². The van der Waals surface area contributed by atoms with Gasteiger partial charge in [-0.15, -0.1) is 0 Å². The molecule has 0 unspecified atom stereocenters. The quantitative estimate of drug-likeness (QED) is 0.800. The van der Waals surface area contributed by atoms with Crippen LogP contribution in [0.4, 0.5) is 4.79 Å². The van der Waals surface area contributed by atoms with Crippen molar-refractivity contribution >= 4 is 22.0 Å². The van der Waals surface area contributed by atoms with E-state index < -0.39 is 0 Å². The van der Waals surface area contributed by atoms with E-state index in [1.165, 1.54) is 5.56 Å². The molecule has 0 aliphatic carbocycles. The summed E-state index contributed by atoms with van der Waals surface area (Å²) >= 11 is 3.48. The third kappa shape index (κ3) is 3.22. The second-order valence-corrected chi connectivity index (χ2v) is 5.92. The number of carbonyl (C=O) groups excluding carboxylic acids is 1. The molecule has 1 aliphatic rings. The van der Waals surface area contributed by atoms with E-state index in [9.17, 15) is 4.79 Å². The Morgan fingerprint density at radius 1 is 1.47 bits per heavy atom. The lowest BCUT2D eigenvalue weighted by atomic mass is 10.1. The number of hydrogen-bond donors (Lipinski definition) is 0. The van der Waals surface area contributed by atoms with Crippen LogP contribution in [0.1, 0.15) is 12.5 Å². The van der Waals surface area contributed by atoms with E-state index in [1.54, 1.807) is 0 Å². The van der Waals surface area contributed by atoms with E-state index >= 15 is 0 Å². The smallest absolute Gasteiger partial charge is 0.410 e. The SMILES string of the molecule is C[C@H](Br)CN1C(=O)OC[C@@H]1Cc1ccccc1. The van der Waals surface area contributed by atoms with Crippen molar-refractivity contribution in [2.45, 2.75) is 24.2 Å². The summed E-state index contributed by atoms with van der Waals surface area (Å²) in [4.78, 5) is 13.7. The van der Waals surface area contributed by atoms with Crippen LogP contribution in [0.15, 0.2) is 30.3 Å². The molecule has 2 rings (SSSR count). The highest BCUT2D eigenvalue weighted by Crippen LogP contribution is 2.18. The Hall–Kier alpha value is -1.03. The Bertz CT molecular complexity index is 380. The number of ether oxygens (including phenoxy) is 1. The molecule has 1 aromatic carbocycles. The first-order valence-electron chi connectivity index (χ1n) is 5.78. The highest BCUT2D eigenvalue weighted by atomic mass is 79.9. The Morgan fingerprint density at radius 2 is 2.18 bits per heavy atom. The third-order valence-electron chi connectivity index (χ3n) is 2.84. The van der Waals surface area contributed by atoms with Crippen LogP contribution in [0.3, 0.4) is 0 Å². The highest BCUT2D eigenvalue weighted by molar-refractivity contribution is 9.09. The van der Waals surface area contributed by atoms with Gasteiger partial charge in [-0.1, -0.05) is 53.2 Å². The van der Waals surface area contributed by atoms with Gasteiger partial charge < -0.3 is 9.64 Å². The Balaban J connectivity index is 2.02. The molecular formula is C13H16BrNO2. The third-order valence-corrected chi connectivity index (χ3v) is 3.13. The number of carbonyl (C=O) groups is 1. The van der Waals surface area contributed by atoms with Crippen LogP contribution in [0, 0.1) is 0 Å². The zero-order valence-electron chi connectivity index (χ0n) is 9.80. The predicted molar refractivity (Wildman–Crippen MR) is 70.4 cm³/mol. The van der Waals surface area contributed by atoms with Crippen molar-refractivity contribution in [2.75, 3.05) is 13.2 Å². The van der Waals surface area contributed by atoms with Gasteiger partial charge in [0.25, 0.3) is 0 Å². The zero-order valence-corrected chi connectivity index (χ0v) is 11.4. The molecule has 0 N–H and O–H groups in total. The van der Waals surface area contributed by atoms with E-state index in [-0.39, 0.29) is 17.0 Å². The fourth-order valence-electron chi connectivity index (χ4n) is 2.04. The number of halogens is 1. The van der Waals surface area contributed by atoms with Crippen molar-refractivity contribution in [1.29, 1.82) is 0 Å². The first-order valence-corrected chi connectivity index (χ1v) is 6.70. The predicted octanol–water partition coefficient (Wildman–Crippen LogP) is 2.83. The minimum absolute atomic E-state index is 0.157. The van der Waals surface area contributed by atoms with E-state index in [4.69, 9.17) is 4.74 Å². The molecular weight excluding hydrogens is 282 g/mol. The number of nitrogens with zero attached hydrogens (tertiary/aromatic N) is 1. The van der Waals surface area contributed by atoms with Crippen molar-refractivity contribution in [3.63, 3.8) is 0 Å². The number of rotatable bonds is 4. The van der Waals surface area contributed by atoms with E-state index in [0.29, 0.717) is 13.2 Å². The maximum absolute atomic E-state index is 11.6. The molecule has 3 nitrogen and oxygen atoms in total. The summed E-state index contributed by atoms with van der Waals surface area (Å²) in [7, 11) is 0. The maximum Gasteiger partial charge on any atom is 0.410 e. The van der Waals surface area contributed by atoms with Crippen molar-refractivity contribution in [2.24, 2.45) is 0 Å². The van der Waals surface area contributed by atoms with Gasteiger partial charge in [-0.3, -0.25) is 0 Å². The van der Waals surface area contributed by atoms with Crippen LogP contribution in [-0.4, -0.2) is 35.0 Å². The lowest BCUT2D eigenvalue weighted by Crippen LogP contribution is -2.38. The summed E-state index contributed by atoms with van der Waals surface area (Å²) in [5.74, 6) is 0. The molecule has 1 aliphatic heterocycles. The van der Waals surface area contributed by atoms with Gasteiger partial charge in [-0.25, -0.2) is 4.79 Å². The van der Waals surface area contributed by atoms with Crippen molar-refractivity contribution in [3.8, 4) is 0 Å². The van der Waals surface area contributed by atoms with Gasteiger partial charge in [0.05, 0.1) is 6.04 Å². The first-order chi connectivity index (χ1) is 8.16. The molecule has 0 aromatic heterocycles. The van der Waals surface area contributed by atoms with E-state index in [1.807, 2.05) is 30.0 Å². The van der Waals surface area contributed by atoms with Crippen LogP contribution in [0.2, 0.25) is 0 Å². The van der Waals surface area contributed by atoms with Gasteiger partial charge in [0.1, 0.15) is 6.61 Å². The van der Waals surface area contributed by atoms with E-state index in [2.05, 4.69) is 28.1 Å². The summed E-state index contributed by atoms with van der Waals surface area (Å²) < 4.78 is 5.12. The number of alkyl halides is 1. The second kappa shape index (κ2) is 5.54. The van der Waals surface area contributed by atoms with Gasteiger partial charge in [0, 0.05) is 11.4 Å². The summed E-state index contributed by atoms with van der Waals surface area (Å²) in [5.41, 5.74) is 1.24. The number of benzene rings is 1. The summed E-state index contributed by atoms with van der Waals surface area (Å²) in [6.07, 6.45) is 0.656. The Labute approximate surface area is 110 Å². The molecule has 1 aromatic rings. The standard InChI is InChI=1S/C13H16BrNO2/c1-10(14)8-15-12(9-17-13(15)16)7-11-5-3-2-4-6-11/h2-6,10,12H,7-9H2,1H3/t10-,12-/m0/s1. The van der Waals surface area contributed by atoms with Crippen LogP contribution in [-0.2, 0) is 11.2 Å². The number of amides is 1. The van der Waals surface area contributed by atoms with Gasteiger partial charge in [-0.05, 0) is 12.0 Å². The fourth-order valence-corrected chi connectivity index (χ4v) is 2.35. The minimum Gasteiger partial charge on any atom is -0.447 e. The van der Waals surface area contributed by atoms with Gasteiger partial charge in [0.15, 0.2) is 0 Å². The van der Waals surface area contributed by atoms with E-state index in [0.717, 1.165) is 6.42 Å². The minimum atomic E-state index is -0.197. The molecule has 4 heteroatoms. The summed E-state index contributed by atoms with van der Waals surface area (Å²) in [6, 6.07) is 10.4. The molecule has 92 valence electrons. The highest BCUT2D eigenvalue weighted by Gasteiger charge is 2.33. The maximum atomic E-state index is 11.6. The molecule has 0 spiro atoms. The lowest BCUT2D eigenvalue weighted by Gasteiger charge is -2.22. The first kappa shape index (κ1) is 12.4. The Kier molecular flexibility index (Phi) is 4.05. The molecule has 1 fully saturated rings. The van der Waals surface area contributed by atoms with Crippen LogP contribution < -0.4 is 0 Å². The second-order valence-electron chi connectivity index (χ2n) is 4.35. The monoisotopic (exact) mass is 297 g/mol. The van der Waals surface area contributed by atoms with Crippen LogP contribution >= 0.6 is 15.9 Å². The van der Waals surface area contributed by atoms with Crippen molar-refractivity contribution < 1.29 is 9.53 Å². The molecule has 0 saturated carbocycles. The normalized spacial score (nSPS) is 21.4. The number of hydrogen-bond acceptors (Lipinski definition) is 2. The molecule has 0 radical (unpaired) electrons. The molecule has 0 bridgehead atoms. The van der Waals surface area contributed by atoms with Crippen LogP contribution in [0.5, 0.6) is 0 Å². The molecule has 17 heavy (non-hydrogen) atoms. The topological polar surface area (TPSA) is 29.5 Å². The number of cyclic esters (lactones) is 1. The lowest BCUT2D eigenvalue weighted by molar-refractivity contribution is 0.158. The fraction of sp³-hybridized carbons (Fsp3) is 0.462. The van der Waals surface area contributed by atoms with Crippen LogP contribution in [0.25, 0.3) is 0 Å². The average molecular weight is 298 g/mol. The average Bonchev–Trinajstić information content (AvgIpc) is 2.62.